The maximum atomic E-state index is 13.4. The van der Waals surface area contributed by atoms with E-state index >= 15 is 0 Å². The van der Waals surface area contributed by atoms with Crippen molar-refractivity contribution in [1.29, 1.82) is 0 Å². The van der Waals surface area contributed by atoms with Gasteiger partial charge in [0.25, 0.3) is 5.91 Å². The van der Waals surface area contributed by atoms with Crippen LogP contribution in [-0.2, 0) is 17.9 Å². The fourth-order valence-corrected chi connectivity index (χ4v) is 2.71. The number of carbonyl (C=O) groups is 1. The van der Waals surface area contributed by atoms with Crippen LogP contribution in [0.1, 0.15) is 11.3 Å². The molecule has 0 spiro atoms. The van der Waals surface area contributed by atoms with Gasteiger partial charge in [-0.05, 0) is 54.1 Å². The van der Waals surface area contributed by atoms with Crippen LogP contribution in [0.4, 0.5) is 4.39 Å². The Morgan fingerprint density at radius 2 is 1.88 bits per heavy atom. The van der Waals surface area contributed by atoms with Crippen LogP contribution in [0, 0.1) is 5.82 Å². The smallest absolute Gasteiger partial charge is 0.261 e. The second kappa shape index (κ2) is 8.67. The highest BCUT2D eigenvalue weighted by Crippen LogP contribution is 2.17. The van der Waals surface area contributed by atoms with Crippen LogP contribution in [0.25, 0.3) is 0 Å². The maximum Gasteiger partial charge on any atom is 0.261 e. The van der Waals surface area contributed by atoms with Gasteiger partial charge in [-0.1, -0.05) is 28.1 Å². The summed E-state index contributed by atoms with van der Waals surface area (Å²) in [6.45, 7) is 0.435. The Hall–Kier alpha value is -2.60. The molecule has 4 nitrogen and oxygen atoms in total. The van der Waals surface area contributed by atoms with E-state index in [0.29, 0.717) is 17.1 Å². The van der Waals surface area contributed by atoms with Gasteiger partial charge in [-0.15, -0.1) is 0 Å². The van der Waals surface area contributed by atoms with Crippen LogP contribution < -0.4 is 4.74 Å². The highest BCUT2D eigenvalue weighted by Gasteiger charge is 2.17. The number of amides is 1. The van der Waals surface area contributed by atoms with Gasteiger partial charge in [0, 0.05) is 11.0 Å². The first-order valence-corrected chi connectivity index (χ1v) is 8.82. The number of furan rings is 1. The number of hydrogen-bond acceptors (Lipinski definition) is 3. The van der Waals surface area contributed by atoms with Gasteiger partial charge in [-0.3, -0.25) is 4.79 Å². The van der Waals surface area contributed by atoms with Crippen molar-refractivity contribution >= 4 is 21.8 Å². The molecule has 2 aromatic carbocycles. The Morgan fingerprint density at radius 3 is 2.58 bits per heavy atom. The van der Waals surface area contributed by atoms with E-state index in [1.807, 2.05) is 12.1 Å². The molecule has 26 heavy (non-hydrogen) atoms. The molecule has 0 N–H and O–H groups in total. The van der Waals surface area contributed by atoms with Gasteiger partial charge in [-0.25, -0.2) is 4.39 Å². The first kappa shape index (κ1) is 18.2. The van der Waals surface area contributed by atoms with Crippen molar-refractivity contribution in [2.24, 2.45) is 0 Å². The summed E-state index contributed by atoms with van der Waals surface area (Å²) in [6.07, 6.45) is 1.55. The lowest BCUT2D eigenvalue weighted by Crippen LogP contribution is -2.34. The van der Waals surface area contributed by atoms with E-state index in [2.05, 4.69) is 15.9 Å². The Bertz CT molecular complexity index is 850. The SMILES string of the molecule is O=C(COc1ccc(Br)cc1)N(Cc1cccc(F)c1)Cc1ccco1. The molecule has 0 saturated heterocycles. The van der Waals surface area contributed by atoms with Crippen LogP contribution in [-0.4, -0.2) is 17.4 Å². The zero-order chi connectivity index (χ0) is 18.4. The minimum atomic E-state index is -0.334. The third-order valence-corrected chi connectivity index (χ3v) is 4.25. The largest absolute Gasteiger partial charge is 0.484 e. The Labute approximate surface area is 159 Å². The molecule has 1 aromatic heterocycles. The molecule has 1 heterocycles. The van der Waals surface area contributed by atoms with Gasteiger partial charge in [0.15, 0.2) is 6.61 Å². The monoisotopic (exact) mass is 417 g/mol. The molecular weight excluding hydrogens is 401 g/mol. The zero-order valence-electron chi connectivity index (χ0n) is 13.9. The van der Waals surface area contributed by atoms with Gasteiger partial charge in [-0.2, -0.15) is 0 Å². The number of halogens is 2. The molecule has 0 aliphatic heterocycles. The van der Waals surface area contributed by atoms with Crippen molar-refractivity contribution in [3.8, 4) is 5.75 Å². The molecule has 3 rings (SSSR count). The molecule has 134 valence electrons. The Balaban J connectivity index is 1.68. The summed E-state index contributed by atoms with van der Waals surface area (Å²) in [7, 11) is 0. The fraction of sp³-hybridized carbons (Fsp3) is 0.150. The normalized spacial score (nSPS) is 10.5. The third kappa shape index (κ3) is 5.20. The summed E-state index contributed by atoms with van der Waals surface area (Å²) in [5, 5.41) is 0. The van der Waals surface area contributed by atoms with Gasteiger partial charge in [0.05, 0.1) is 12.8 Å². The number of ether oxygens (including phenoxy) is 1. The van der Waals surface area contributed by atoms with Crippen LogP contribution in [0.15, 0.2) is 75.8 Å². The van der Waals surface area contributed by atoms with E-state index in [1.165, 1.54) is 12.1 Å². The maximum absolute atomic E-state index is 13.4. The molecule has 6 heteroatoms. The molecule has 0 saturated carbocycles. The lowest BCUT2D eigenvalue weighted by Gasteiger charge is -2.22. The predicted octanol–water partition coefficient (Wildman–Crippen LogP) is 4.79. The lowest BCUT2D eigenvalue weighted by molar-refractivity contribution is -0.134. The number of carbonyl (C=O) groups excluding carboxylic acids is 1. The number of rotatable bonds is 7. The van der Waals surface area contributed by atoms with Gasteiger partial charge in [0.1, 0.15) is 17.3 Å². The summed E-state index contributed by atoms with van der Waals surface area (Å²) in [5.74, 6) is 0.705. The zero-order valence-corrected chi connectivity index (χ0v) is 15.5. The molecule has 0 fully saturated rings. The molecule has 1 amide bonds. The van der Waals surface area contributed by atoms with E-state index in [0.717, 1.165) is 4.47 Å². The van der Waals surface area contributed by atoms with Crippen molar-refractivity contribution in [2.75, 3.05) is 6.61 Å². The Kier molecular flexibility index (Phi) is 6.07. The van der Waals surface area contributed by atoms with E-state index in [1.54, 1.807) is 47.6 Å². The van der Waals surface area contributed by atoms with E-state index in [4.69, 9.17) is 9.15 Å². The molecule has 0 bridgehead atoms. The minimum Gasteiger partial charge on any atom is -0.484 e. The molecule has 0 radical (unpaired) electrons. The van der Waals surface area contributed by atoms with Crippen molar-refractivity contribution in [3.63, 3.8) is 0 Å². The summed E-state index contributed by atoms with van der Waals surface area (Å²) < 4.78 is 25.3. The molecular formula is C20H17BrFNO3. The molecule has 0 atom stereocenters. The quantitative estimate of drug-likeness (QED) is 0.554. The lowest BCUT2D eigenvalue weighted by atomic mass is 10.2. The molecule has 0 unspecified atom stereocenters. The van der Waals surface area contributed by atoms with E-state index in [9.17, 15) is 9.18 Å². The van der Waals surface area contributed by atoms with Crippen LogP contribution in [0.3, 0.4) is 0 Å². The standard InChI is InChI=1S/C20H17BrFNO3/c21-16-6-8-18(9-7-16)26-14-20(24)23(13-19-5-2-10-25-19)12-15-3-1-4-17(22)11-15/h1-11H,12-14H2. The highest BCUT2D eigenvalue weighted by atomic mass is 79.9. The molecule has 3 aromatic rings. The average Bonchev–Trinajstić information content (AvgIpc) is 3.13. The fourth-order valence-electron chi connectivity index (χ4n) is 2.45. The highest BCUT2D eigenvalue weighted by molar-refractivity contribution is 9.10. The van der Waals surface area contributed by atoms with Gasteiger partial charge in [0.2, 0.25) is 0 Å². The second-order valence-electron chi connectivity index (χ2n) is 5.70. The minimum absolute atomic E-state index is 0.113. The van der Waals surface area contributed by atoms with E-state index < -0.39 is 0 Å². The number of benzene rings is 2. The Morgan fingerprint density at radius 1 is 1.08 bits per heavy atom. The summed E-state index contributed by atoms with van der Waals surface area (Å²) >= 11 is 3.35. The molecule has 0 aliphatic carbocycles. The van der Waals surface area contributed by atoms with Gasteiger partial charge < -0.3 is 14.1 Å². The number of hydrogen-bond donors (Lipinski definition) is 0. The summed E-state index contributed by atoms with van der Waals surface area (Å²) in [4.78, 5) is 14.2. The van der Waals surface area contributed by atoms with Crippen molar-refractivity contribution in [3.05, 3.63) is 88.5 Å². The molecule has 0 aliphatic rings. The summed E-state index contributed by atoms with van der Waals surface area (Å²) in [5.41, 5.74) is 0.702. The topological polar surface area (TPSA) is 42.7 Å². The van der Waals surface area contributed by atoms with Crippen LogP contribution in [0.2, 0.25) is 0 Å². The van der Waals surface area contributed by atoms with Gasteiger partial charge >= 0.3 is 0 Å². The van der Waals surface area contributed by atoms with Crippen molar-refractivity contribution in [1.82, 2.24) is 4.90 Å². The summed E-state index contributed by atoms with van der Waals surface area (Å²) in [6, 6.07) is 17.0. The van der Waals surface area contributed by atoms with Crippen molar-refractivity contribution in [2.45, 2.75) is 13.1 Å². The first-order chi connectivity index (χ1) is 12.6. The predicted molar refractivity (Wildman–Crippen MR) is 99.0 cm³/mol. The third-order valence-electron chi connectivity index (χ3n) is 3.72. The number of nitrogens with zero attached hydrogens (tertiary/aromatic N) is 1. The van der Waals surface area contributed by atoms with Crippen LogP contribution in [0.5, 0.6) is 5.75 Å². The first-order valence-electron chi connectivity index (χ1n) is 8.03. The van der Waals surface area contributed by atoms with E-state index in [-0.39, 0.29) is 31.4 Å². The average molecular weight is 418 g/mol. The van der Waals surface area contributed by atoms with Crippen molar-refractivity contribution < 1.29 is 18.3 Å². The van der Waals surface area contributed by atoms with Crippen LogP contribution >= 0.6 is 15.9 Å². The second-order valence-corrected chi connectivity index (χ2v) is 6.62.